The zero-order valence-corrected chi connectivity index (χ0v) is 13.9. The number of hydrogen-bond donors (Lipinski definition) is 0. The van der Waals surface area contributed by atoms with E-state index in [1.54, 1.807) is 6.92 Å². The molecule has 126 valence electrons. The van der Waals surface area contributed by atoms with Crippen LogP contribution in [0.1, 0.15) is 48.2 Å². The van der Waals surface area contributed by atoms with Crippen LogP contribution in [0, 0.1) is 6.92 Å². The predicted octanol–water partition coefficient (Wildman–Crippen LogP) is 4.25. The fourth-order valence-electron chi connectivity index (χ4n) is 2.79. The Morgan fingerprint density at radius 3 is 2.73 bits per heavy atom. The summed E-state index contributed by atoms with van der Waals surface area (Å²) in [6.07, 6.45) is -0.114. The van der Waals surface area contributed by atoms with Crippen LogP contribution in [0.4, 0.5) is 13.2 Å². The standard InChI is InChI=1S/C15H23F3N2OS/c1-3-7-20(9-12-6-4-5-8-21-12)10-13-14(15(16,17)18)19-11(2)22-13/h12H,3-10H2,1-2H3. The van der Waals surface area contributed by atoms with Crippen LogP contribution in [0.3, 0.4) is 0 Å². The van der Waals surface area contributed by atoms with Gasteiger partial charge in [-0.15, -0.1) is 11.3 Å². The Bertz CT molecular complexity index is 470. The van der Waals surface area contributed by atoms with E-state index >= 15 is 0 Å². The third-order valence-electron chi connectivity index (χ3n) is 3.72. The Morgan fingerprint density at radius 1 is 1.36 bits per heavy atom. The fourth-order valence-corrected chi connectivity index (χ4v) is 3.79. The first-order valence-corrected chi connectivity index (χ1v) is 8.59. The van der Waals surface area contributed by atoms with Gasteiger partial charge in [0, 0.05) is 19.7 Å². The molecule has 1 saturated heterocycles. The van der Waals surface area contributed by atoms with E-state index in [0.29, 0.717) is 23.0 Å². The van der Waals surface area contributed by atoms with E-state index in [9.17, 15) is 13.2 Å². The third-order valence-corrected chi connectivity index (χ3v) is 4.67. The average molecular weight is 336 g/mol. The Balaban J connectivity index is 2.07. The van der Waals surface area contributed by atoms with Gasteiger partial charge in [0.05, 0.1) is 16.0 Å². The molecule has 0 aromatic carbocycles. The second-order valence-corrected chi connectivity index (χ2v) is 7.01. The van der Waals surface area contributed by atoms with Crippen LogP contribution < -0.4 is 0 Å². The minimum absolute atomic E-state index is 0.142. The molecule has 0 radical (unpaired) electrons. The SMILES string of the molecule is CCCN(Cc1sc(C)nc1C(F)(F)F)CC1CCCCO1. The summed E-state index contributed by atoms with van der Waals surface area (Å²) >= 11 is 1.14. The molecule has 1 atom stereocenters. The summed E-state index contributed by atoms with van der Waals surface area (Å²) in [5, 5.41) is 0.465. The molecule has 1 aliphatic heterocycles. The van der Waals surface area contributed by atoms with Crippen molar-refractivity contribution in [2.75, 3.05) is 19.7 Å². The highest BCUT2D eigenvalue weighted by molar-refractivity contribution is 7.11. The van der Waals surface area contributed by atoms with E-state index in [1.165, 1.54) is 0 Å². The van der Waals surface area contributed by atoms with Crippen LogP contribution in [-0.4, -0.2) is 35.7 Å². The first kappa shape index (κ1) is 17.7. The number of hydrogen-bond acceptors (Lipinski definition) is 4. The number of ether oxygens (including phenoxy) is 1. The normalized spacial score (nSPS) is 19.8. The van der Waals surface area contributed by atoms with Gasteiger partial charge in [-0.3, -0.25) is 4.90 Å². The zero-order valence-electron chi connectivity index (χ0n) is 13.1. The van der Waals surface area contributed by atoms with Crippen LogP contribution >= 0.6 is 11.3 Å². The number of rotatable bonds is 6. The van der Waals surface area contributed by atoms with Gasteiger partial charge >= 0.3 is 6.18 Å². The van der Waals surface area contributed by atoms with Gasteiger partial charge < -0.3 is 4.74 Å². The number of thiazole rings is 1. The van der Waals surface area contributed by atoms with Crippen molar-refractivity contribution in [1.82, 2.24) is 9.88 Å². The Kier molecular flexibility index (Phi) is 6.23. The van der Waals surface area contributed by atoms with Gasteiger partial charge in [-0.1, -0.05) is 6.92 Å². The van der Waals surface area contributed by atoms with Gasteiger partial charge in [-0.25, -0.2) is 4.98 Å². The van der Waals surface area contributed by atoms with E-state index in [2.05, 4.69) is 9.88 Å². The smallest absolute Gasteiger partial charge is 0.377 e. The molecule has 0 amide bonds. The lowest BCUT2D eigenvalue weighted by atomic mass is 10.1. The maximum absolute atomic E-state index is 13.1. The number of aryl methyl sites for hydroxylation is 1. The lowest BCUT2D eigenvalue weighted by molar-refractivity contribution is -0.141. The Labute approximate surface area is 133 Å². The predicted molar refractivity (Wildman–Crippen MR) is 81.0 cm³/mol. The van der Waals surface area contributed by atoms with Gasteiger partial charge in [0.2, 0.25) is 0 Å². The van der Waals surface area contributed by atoms with E-state index in [0.717, 1.165) is 50.2 Å². The molecule has 1 unspecified atom stereocenters. The van der Waals surface area contributed by atoms with Gasteiger partial charge in [0.15, 0.2) is 5.69 Å². The van der Waals surface area contributed by atoms with Crippen LogP contribution in [0.5, 0.6) is 0 Å². The molecule has 1 fully saturated rings. The summed E-state index contributed by atoms with van der Waals surface area (Å²) in [7, 11) is 0. The summed E-state index contributed by atoms with van der Waals surface area (Å²) < 4.78 is 44.9. The van der Waals surface area contributed by atoms with Crippen LogP contribution in [0.15, 0.2) is 0 Å². The van der Waals surface area contributed by atoms with E-state index in [-0.39, 0.29) is 6.10 Å². The zero-order chi connectivity index (χ0) is 16.2. The highest BCUT2D eigenvalue weighted by Crippen LogP contribution is 2.35. The van der Waals surface area contributed by atoms with Crippen molar-refractivity contribution >= 4 is 11.3 Å². The van der Waals surface area contributed by atoms with Crippen molar-refractivity contribution in [3.05, 3.63) is 15.6 Å². The molecule has 3 nitrogen and oxygen atoms in total. The fraction of sp³-hybridized carbons (Fsp3) is 0.800. The molecule has 0 N–H and O–H groups in total. The molecule has 22 heavy (non-hydrogen) atoms. The van der Waals surface area contributed by atoms with Crippen molar-refractivity contribution < 1.29 is 17.9 Å². The summed E-state index contributed by atoms with van der Waals surface area (Å²) in [5.41, 5.74) is -0.722. The van der Waals surface area contributed by atoms with Gasteiger partial charge in [-0.2, -0.15) is 13.2 Å². The molecule has 1 aromatic rings. The summed E-state index contributed by atoms with van der Waals surface area (Å²) in [4.78, 5) is 6.06. The van der Waals surface area contributed by atoms with Crippen molar-refractivity contribution in [3.63, 3.8) is 0 Å². The first-order chi connectivity index (χ1) is 10.4. The maximum Gasteiger partial charge on any atom is 0.434 e. The highest BCUT2D eigenvalue weighted by atomic mass is 32.1. The van der Waals surface area contributed by atoms with E-state index < -0.39 is 11.9 Å². The van der Waals surface area contributed by atoms with Gasteiger partial charge in [-0.05, 0) is 39.2 Å². The molecule has 1 aromatic heterocycles. The van der Waals surface area contributed by atoms with Gasteiger partial charge in [0.25, 0.3) is 0 Å². The topological polar surface area (TPSA) is 25.4 Å². The third kappa shape index (κ3) is 4.93. The maximum atomic E-state index is 13.1. The Hall–Kier alpha value is -0.660. The Morgan fingerprint density at radius 2 is 2.14 bits per heavy atom. The average Bonchev–Trinajstić information content (AvgIpc) is 2.81. The van der Waals surface area contributed by atoms with Crippen LogP contribution in [0.25, 0.3) is 0 Å². The number of alkyl halides is 3. The minimum Gasteiger partial charge on any atom is -0.377 e. The first-order valence-electron chi connectivity index (χ1n) is 7.77. The van der Waals surface area contributed by atoms with Crippen molar-refractivity contribution in [1.29, 1.82) is 0 Å². The van der Waals surface area contributed by atoms with Crippen molar-refractivity contribution in [2.45, 2.75) is 58.4 Å². The van der Waals surface area contributed by atoms with Crippen molar-refractivity contribution in [2.24, 2.45) is 0 Å². The molecule has 2 heterocycles. The second-order valence-electron chi connectivity index (χ2n) is 5.73. The van der Waals surface area contributed by atoms with Crippen LogP contribution in [-0.2, 0) is 17.5 Å². The number of aromatic nitrogens is 1. The summed E-state index contributed by atoms with van der Waals surface area (Å²) in [6.45, 7) is 6.19. The number of nitrogens with zero attached hydrogens (tertiary/aromatic N) is 2. The second kappa shape index (κ2) is 7.75. The van der Waals surface area contributed by atoms with E-state index in [4.69, 9.17) is 4.74 Å². The molecule has 7 heteroatoms. The molecule has 0 bridgehead atoms. The monoisotopic (exact) mass is 336 g/mol. The van der Waals surface area contributed by atoms with Crippen molar-refractivity contribution in [3.8, 4) is 0 Å². The summed E-state index contributed by atoms with van der Waals surface area (Å²) in [5.74, 6) is 0. The molecule has 1 aliphatic rings. The minimum atomic E-state index is -4.38. The highest BCUT2D eigenvalue weighted by Gasteiger charge is 2.37. The number of halogens is 3. The lowest BCUT2D eigenvalue weighted by Gasteiger charge is -2.29. The lowest BCUT2D eigenvalue weighted by Crippen LogP contribution is -2.36. The van der Waals surface area contributed by atoms with Crippen LogP contribution in [0.2, 0.25) is 0 Å². The summed E-state index contributed by atoms with van der Waals surface area (Å²) in [6, 6.07) is 0. The molecule has 0 aliphatic carbocycles. The molecular formula is C15H23F3N2OS. The van der Waals surface area contributed by atoms with Gasteiger partial charge in [0.1, 0.15) is 0 Å². The molecule has 0 spiro atoms. The molecule has 0 saturated carbocycles. The molecular weight excluding hydrogens is 313 g/mol. The van der Waals surface area contributed by atoms with E-state index in [1.807, 2.05) is 6.92 Å². The molecule has 2 rings (SSSR count). The largest absolute Gasteiger partial charge is 0.434 e. The quantitative estimate of drug-likeness (QED) is 0.776.